The van der Waals surface area contributed by atoms with Gasteiger partial charge in [0.25, 0.3) is 5.91 Å². The summed E-state index contributed by atoms with van der Waals surface area (Å²) in [4.78, 5) is 24.6. The van der Waals surface area contributed by atoms with Crippen molar-refractivity contribution in [3.8, 4) is 11.5 Å². The third-order valence-electron chi connectivity index (χ3n) is 4.32. The largest absolute Gasteiger partial charge is 0.493 e. The number of thiophene rings is 1. The van der Waals surface area contributed by atoms with Crippen molar-refractivity contribution in [1.82, 2.24) is 5.32 Å². The van der Waals surface area contributed by atoms with E-state index < -0.39 is 17.9 Å². The Balaban J connectivity index is 1.91. The molecule has 0 saturated carbocycles. The molecule has 1 atom stereocenters. The quantitative estimate of drug-likeness (QED) is 0.527. The number of ether oxygens (including phenoxy) is 2. The Bertz CT molecular complexity index is 1050. The fourth-order valence-corrected chi connectivity index (χ4v) is 4.41. The van der Waals surface area contributed by atoms with Crippen molar-refractivity contribution in [2.75, 3.05) is 13.7 Å². The van der Waals surface area contributed by atoms with E-state index in [9.17, 15) is 14.7 Å². The summed E-state index contributed by atoms with van der Waals surface area (Å²) in [5, 5.41) is 13.3. The van der Waals surface area contributed by atoms with Crippen LogP contribution in [0, 0.1) is 0 Å². The number of hydrogen-bond donors (Lipinski definition) is 2. The van der Waals surface area contributed by atoms with E-state index in [1.165, 1.54) is 18.4 Å². The van der Waals surface area contributed by atoms with Gasteiger partial charge < -0.3 is 19.9 Å². The van der Waals surface area contributed by atoms with Crippen LogP contribution in [0.1, 0.15) is 34.6 Å². The molecule has 0 spiro atoms. The first-order valence-electron chi connectivity index (χ1n) is 8.95. The lowest BCUT2D eigenvalue weighted by molar-refractivity contribution is -0.137. The van der Waals surface area contributed by atoms with Gasteiger partial charge in [-0.2, -0.15) is 0 Å². The third-order valence-corrected chi connectivity index (χ3v) is 5.99. The van der Waals surface area contributed by atoms with Gasteiger partial charge in [-0.1, -0.05) is 35.9 Å². The predicted octanol–water partition coefficient (Wildman–Crippen LogP) is 4.91. The second-order valence-corrected chi connectivity index (χ2v) is 7.64. The smallest absolute Gasteiger partial charge is 0.305 e. The van der Waals surface area contributed by atoms with Crippen molar-refractivity contribution in [3.05, 3.63) is 57.9 Å². The van der Waals surface area contributed by atoms with E-state index in [0.717, 1.165) is 10.1 Å². The number of hydrogen-bond acceptors (Lipinski definition) is 5. The third kappa shape index (κ3) is 4.63. The first-order chi connectivity index (χ1) is 13.9. The Morgan fingerprint density at radius 1 is 1.21 bits per heavy atom. The first-order valence-corrected chi connectivity index (χ1v) is 10.1. The highest BCUT2D eigenvalue weighted by atomic mass is 35.5. The molecule has 0 saturated heterocycles. The number of carboxylic acids is 1. The Morgan fingerprint density at radius 2 is 1.97 bits per heavy atom. The average Bonchev–Trinajstić information content (AvgIpc) is 3.04. The summed E-state index contributed by atoms with van der Waals surface area (Å²) < 4.78 is 11.7. The molecule has 0 aliphatic rings. The van der Waals surface area contributed by atoms with Crippen LogP contribution in [0.15, 0.2) is 42.5 Å². The maximum Gasteiger partial charge on any atom is 0.305 e. The lowest BCUT2D eigenvalue weighted by Gasteiger charge is -2.19. The molecule has 152 valence electrons. The van der Waals surface area contributed by atoms with Gasteiger partial charge in [-0.15, -0.1) is 11.3 Å². The second-order valence-electron chi connectivity index (χ2n) is 6.21. The fraction of sp³-hybridized carbons (Fsp3) is 0.238. The molecule has 3 rings (SSSR count). The maximum absolute atomic E-state index is 12.9. The van der Waals surface area contributed by atoms with E-state index in [-0.39, 0.29) is 6.42 Å². The number of benzene rings is 2. The van der Waals surface area contributed by atoms with Crippen molar-refractivity contribution in [2.45, 2.75) is 19.4 Å². The fourth-order valence-electron chi connectivity index (χ4n) is 2.99. The number of fused-ring (bicyclic) bond motifs is 1. The number of halogens is 1. The zero-order valence-corrected chi connectivity index (χ0v) is 17.5. The molecular formula is C21H20ClNO5S. The van der Waals surface area contributed by atoms with Crippen LogP contribution in [-0.2, 0) is 4.79 Å². The van der Waals surface area contributed by atoms with Gasteiger partial charge in [0.2, 0.25) is 0 Å². The lowest BCUT2D eigenvalue weighted by atomic mass is 10.0. The summed E-state index contributed by atoms with van der Waals surface area (Å²) in [6, 6.07) is 11.8. The highest BCUT2D eigenvalue weighted by molar-refractivity contribution is 7.21. The number of nitrogens with one attached hydrogen (secondary N) is 1. The van der Waals surface area contributed by atoms with E-state index in [0.29, 0.717) is 33.6 Å². The van der Waals surface area contributed by atoms with Crippen LogP contribution in [0.4, 0.5) is 0 Å². The highest BCUT2D eigenvalue weighted by Crippen LogP contribution is 2.36. The van der Waals surface area contributed by atoms with Gasteiger partial charge in [0.1, 0.15) is 4.88 Å². The van der Waals surface area contributed by atoms with Gasteiger partial charge >= 0.3 is 5.97 Å². The van der Waals surface area contributed by atoms with Crippen LogP contribution >= 0.6 is 22.9 Å². The summed E-state index contributed by atoms with van der Waals surface area (Å²) in [5.74, 6) is -0.443. The average molecular weight is 434 g/mol. The van der Waals surface area contributed by atoms with Crippen LogP contribution in [0.5, 0.6) is 11.5 Å². The van der Waals surface area contributed by atoms with E-state index in [1.807, 2.05) is 31.2 Å². The van der Waals surface area contributed by atoms with Crippen LogP contribution in [0.25, 0.3) is 10.1 Å². The van der Waals surface area contributed by atoms with Crippen LogP contribution in [-0.4, -0.2) is 30.7 Å². The molecule has 1 amide bonds. The topological polar surface area (TPSA) is 84.9 Å². The van der Waals surface area contributed by atoms with Crippen molar-refractivity contribution in [3.63, 3.8) is 0 Å². The van der Waals surface area contributed by atoms with E-state index in [1.54, 1.807) is 18.2 Å². The summed E-state index contributed by atoms with van der Waals surface area (Å²) >= 11 is 7.66. The zero-order chi connectivity index (χ0) is 21.0. The van der Waals surface area contributed by atoms with Crippen LogP contribution < -0.4 is 14.8 Å². The molecule has 2 aromatic carbocycles. The minimum Gasteiger partial charge on any atom is -0.493 e. The predicted molar refractivity (Wildman–Crippen MR) is 113 cm³/mol. The summed E-state index contributed by atoms with van der Waals surface area (Å²) in [7, 11) is 1.50. The SMILES string of the molecule is CCOc1ccc([C@H](CC(=O)O)NC(=O)c2sc3ccccc3c2Cl)cc1OC. The molecule has 1 aromatic heterocycles. The van der Waals surface area contributed by atoms with Crippen molar-refractivity contribution >= 4 is 44.9 Å². The minimum atomic E-state index is -1.04. The van der Waals surface area contributed by atoms with Crippen LogP contribution in [0.2, 0.25) is 5.02 Å². The number of carbonyl (C=O) groups excluding carboxylic acids is 1. The highest BCUT2D eigenvalue weighted by Gasteiger charge is 2.23. The number of carboxylic acid groups (broad SMARTS) is 1. The zero-order valence-electron chi connectivity index (χ0n) is 15.9. The molecular weight excluding hydrogens is 414 g/mol. The number of amides is 1. The van der Waals surface area contributed by atoms with Gasteiger partial charge in [0.05, 0.1) is 31.2 Å². The van der Waals surface area contributed by atoms with E-state index >= 15 is 0 Å². The molecule has 0 aliphatic heterocycles. The maximum atomic E-state index is 12.9. The second kappa shape index (κ2) is 9.15. The Labute approximate surface area is 177 Å². The monoisotopic (exact) mass is 433 g/mol. The molecule has 8 heteroatoms. The summed E-state index contributed by atoms with van der Waals surface area (Å²) in [5.41, 5.74) is 0.596. The van der Waals surface area contributed by atoms with Crippen molar-refractivity contribution in [1.29, 1.82) is 0 Å². The number of rotatable bonds is 8. The van der Waals surface area contributed by atoms with Gasteiger partial charge in [-0.25, -0.2) is 0 Å². The minimum absolute atomic E-state index is 0.286. The normalized spacial score (nSPS) is 11.8. The summed E-state index contributed by atoms with van der Waals surface area (Å²) in [6.45, 7) is 2.32. The number of carbonyl (C=O) groups is 2. The van der Waals surface area contributed by atoms with Crippen molar-refractivity contribution in [2.24, 2.45) is 0 Å². The molecule has 6 nitrogen and oxygen atoms in total. The molecule has 0 aliphatic carbocycles. The Kier molecular flexibility index (Phi) is 6.61. The molecule has 0 unspecified atom stereocenters. The molecule has 2 N–H and O–H groups in total. The van der Waals surface area contributed by atoms with Gasteiger partial charge in [-0.05, 0) is 30.7 Å². The van der Waals surface area contributed by atoms with Gasteiger partial charge in [-0.3, -0.25) is 9.59 Å². The van der Waals surface area contributed by atoms with E-state index in [4.69, 9.17) is 21.1 Å². The Hall–Kier alpha value is -2.77. The van der Waals surface area contributed by atoms with Gasteiger partial charge in [0, 0.05) is 10.1 Å². The molecule has 0 bridgehead atoms. The lowest BCUT2D eigenvalue weighted by Crippen LogP contribution is -2.29. The molecule has 0 radical (unpaired) electrons. The van der Waals surface area contributed by atoms with Crippen molar-refractivity contribution < 1.29 is 24.2 Å². The molecule has 1 heterocycles. The van der Waals surface area contributed by atoms with Crippen LogP contribution in [0.3, 0.4) is 0 Å². The summed E-state index contributed by atoms with van der Waals surface area (Å²) in [6.07, 6.45) is -0.286. The standard InChI is InChI=1S/C21H20ClNO5S/c1-3-28-15-9-8-12(10-16(15)27-2)14(11-18(24)25)23-21(26)20-19(22)13-6-4-5-7-17(13)29-20/h4-10,14H,3,11H2,1-2H3,(H,23,26)(H,24,25)/t14-/m0/s1. The van der Waals surface area contributed by atoms with E-state index in [2.05, 4.69) is 5.32 Å². The first kappa shape index (κ1) is 21.0. The number of aliphatic carboxylic acids is 1. The molecule has 3 aromatic rings. The molecule has 29 heavy (non-hydrogen) atoms. The van der Waals surface area contributed by atoms with Gasteiger partial charge in [0.15, 0.2) is 11.5 Å². The Morgan fingerprint density at radius 3 is 2.62 bits per heavy atom. The number of methoxy groups -OCH3 is 1. The molecule has 0 fully saturated rings.